The largest absolute Gasteiger partial charge is 0.275 e. The lowest BCUT2D eigenvalue weighted by Crippen LogP contribution is -2.12. The second-order valence-corrected chi connectivity index (χ2v) is 7.70. The van der Waals surface area contributed by atoms with Crippen LogP contribution in [0.4, 0.5) is 5.82 Å². The first-order valence-electron chi connectivity index (χ1n) is 5.74. The van der Waals surface area contributed by atoms with Gasteiger partial charge in [-0.1, -0.05) is 38.4 Å². The highest BCUT2D eigenvalue weighted by Crippen LogP contribution is 2.36. The molecule has 0 spiro atoms. The Kier molecular flexibility index (Phi) is 3.26. The second-order valence-electron chi connectivity index (χ2n) is 5.54. The average molecular weight is 302 g/mol. The average Bonchev–Trinajstić information content (AvgIpc) is 2.58. The molecule has 1 aromatic heterocycles. The van der Waals surface area contributed by atoms with Gasteiger partial charge in [-0.2, -0.15) is 5.10 Å². The molecule has 1 heterocycles. The summed E-state index contributed by atoms with van der Waals surface area (Å²) in [5, 5.41) is 7.94. The van der Waals surface area contributed by atoms with Crippen molar-refractivity contribution in [3.05, 3.63) is 22.7 Å². The first-order valence-corrected chi connectivity index (χ1v) is 8.01. The minimum atomic E-state index is -3.39. The Labute approximate surface area is 117 Å². The van der Waals surface area contributed by atoms with Crippen molar-refractivity contribution in [3.8, 4) is 0 Å². The number of benzene rings is 1. The molecular weight excluding hydrogens is 286 g/mol. The summed E-state index contributed by atoms with van der Waals surface area (Å²) in [5.41, 5.74) is 1.68. The lowest BCUT2D eigenvalue weighted by Gasteiger charge is -2.19. The SMILES string of the molecule is CC(C)(C)c1ccc(Cl)c2c(NS(C)(=O)=O)n[nH]c12. The van der Waals surface area contributed by atoms with Crippen molar-refractivity contribution in [1.82, 2.24) is 10.2 Å². The lowest BCUT2D eigenvalue weighted by molar-refractivity contribution is 0.594. The first kappa shape index (κ1) is 14.1. The molecule has 104 valence electrons. The second kappa shape index (κ2) is 4.38. The van der Waals surface area contributed by atoms with Crippen LogP contribution in [0.3, 0.4) is 0 Å². The topological polar surface area (TPSA) is 74.8 Å². The highest BCUT2D eigenvalue weighted by Gasteiger charge is 2.22. The Morgan fingerprint density at radius 1 is 1.32 bits per heavy atom. The number of nitrogens with zero attached hydrogens (tertiary/aromatic N) is 1. The number of aromatic nitrogens is 2. The molecule has 0 fully saturated rings. The summed E-state index contributed by atoms with van der Waals surface area (Å²) < 4.78 is 25.0. The van der Waals surface area contributed by atoms with Gasteiger partial charge in [0.2, 0.25) is 10.0 Å². The molecule has 0 atom stereocenters. The molecule has 2 N–H and O–H groups in total. The number of aromatic amines is 1. The molecule has 1 aromatic carbocycles. The van der Waals surface area contributed by atoms with Crippen LogP contribution in [0.2, 0.25) is 5.02 Å². The molecule has 2 rings (SSSR count). The first-order chi connectivity index (χ1) is 8.59. The fourth-order valence-corrected chi connectivity index (χ4v) is 2.71. The van der Waals surface area contributed by atoms with E-state index in [4.69, 9.17) is 11.6 Å². The van der Waals surface area contributed by atoms with Crippen LogP contribution in [0.15, 0.2) is 12.1 Å². The number of sulfonamides is 1. The normalized spacial score (nSPS) is 12.9. The van der Waals surface area contributed by atoms with Crippen LogP contribution in [0, 0.1) is 0 Å². The van der Waals surface area contributed by atoms with Gasteiger partial charge in [0.05, 0.1) is 22.2 Å². The van der Waals surface area contributed by atoms with Gasteiger partial charge < -0.3 is 0 Å². The molecule has 19 heavy (non-hydrogen) atoms. The Morgan fingerprint density at radius 3 is 2.47 bits per heavy atom. The zero-order valence-electron chi connectivity index (χ0n) is 11.2. The van der Waals surface area contributed by atoms with Gasteiger partial charge in [-0.15, -0.1) is 0 Å². The summed E-state index contributed by atoms with van der Waals surface area (Å²) in [4.78, 5) is 0. The van der Waals surface area contributed by atoms with E-state index in [0.717, 1.165) is 17.3 Å². The van der Waals surface area contributed by atoms with Gasteiger partial charge in [-0.25, -0.2) is 8.42 Å². The van der Waals surface area contributed by atoms with Crippen LogP contribution in [-0.4, -0.2) is 24.9 Å². The van der Waals surface area contributed by atoms with Crippen LogP contribution in [0.1, 0.15) is 26.3 Å². The van der Waals surface area contributed by atoms with E-state index in [1.165, 1.54) is 0 Å². The van der Waals surface area contributed by atoms with Crippen molar-refractivity contribution in [1.29, 1.82) is 0 Å². The number of anilines is 1. The predicted octanol–water partition coefficient (Wildman–Crippen LogP) is 2.89. The van der Waals surface area contributed by atoms with Gasteiger partial charge in [-0.05, 0) is 17.0 Å². The molecular formula is C12H16ClN3O2S. The Morgan fingerprint density at radius 2 is 1.95 bits per heavy atom. The molecule has 0 aliphatic heterocycles. The van der Waals surface area contributed by atoms with E-state index in [9.17, 15) is 8.42 Å². The monoisotopic (exact) mass is 301 g/mol. The van der Waals surface area contributed by atoms with Gasteiger partial charge >= 0.3 is 0 Å². The number of nitrogens with one attached hydrogen (secondary N) is 2. The van der Waals surface area contributed by atoms with E-state index in [1.807, 2.05) is 6.07 Å². The van der Waals surface area contributed by atoms with Gasteiger partial charge in [0.15, 0.2) is 5.82 Å². The zero-order valence-corrected chi connectivity index (χ0v) is 12.8. The molecule has 0 unspecified atom stereocenters. The smallest absolute Gasteiger partial charge is 0.231 e. The molecule has 0 amide bonds. The summed E-state index contributed by atoms with van der Waals surface area (Å²) in [5.74, 6) is 0.230. The highest BCUT2D eigenvalue weighted by molar-refractivity contribution is 7.92. The van der Waals surface area contributed by atoms with E-state index in [-0.39, 0.29) is 11.2 Å². The van der Waals surface area contributed by atoms with Crippen molar-refractivity contribution in [2.24, 2.45) is 0 Å². The molecule has 5 nitrogen and oxygen atoms in total. The maximum Gasteiger partial charge on any atom is 0.231 e. The van der Waals surface area contributed by atoms with Crippen LogP contribution < -0.4 is 4.72 Å². The number of rotatable bonds is 2. The predicted molar refractivity (Wildman–Crippen MR) is 78.3 cm³/mol. The fraction of sp³-hybridized carbons (Fsp3) is 0.417. The van der Waals surface area contributed by atoms with Crippen molar-refractivity contribution in [2.75, 3.05) is 11.0 Å². The van der Waals surface area contributed by atoms with Gasteiger partial charge in [-0.3, -0.25) is 9.82 Å². The summed E-state index contributed by atoms with van der Waals surface area (Å²) >= 11 is 6.16. The van der Waals surface area contributed by atoms with E-state index in [1.54, 1.807) is 6.07 Å². The molecule has 2 aromatic rings. The maximum absolute atomic E-state index is 11.3. The summed E-state index contributed by atoms with van der Waals surface area (Å²) in [7, 11) is -3.39. The van der Waals surface area contributed by atoms with Crippen LogP contribution in [0.5, 0.6) is 0 Å². The zero-order chi connectivity index (χ0) is 14.4. The standard InChI is InChI=1S/C12H16ClN3O2S/c1-12(2,3)7-5-6-8(13)9-10(7)14-15-11(9)16-19(4,17)18/h5-6H,1-4H3,(H2,14,15,16). The van der Waals surface area contributed by atoms with Gasteiger partial charge in [0.1, 0.15) is 0 Å². The quantitative estimate of drug-likeness (QED) is 0.895. The number of halogens is 1. The number of H-pyrrole nitrogens is 1. The van der Waals surface area contributed by atoms with E-state index in [2.05, 4.69) is 35.7 Å². The molecule has 0 radical (unpaired) electrons. The van der Waals surface area contributed by atoms with E-state index >= 15 is 0 Å². The summed E-state index contributed by atoms with van der Waals surface area (Å²) in [6, 6.07) is 3.68. The minimum absolute atomic E-state index is 0.0995. The third-order valence-corrected chi connectivity index (χ3v) is 3.64. The maximum atomic E-state index is 11.3. The van der Waals surface area contributed by atoms with Gasteiger partial charge in [0.25, 0.3) is 0 Å². The molecule has 7 heteroatoms. The Bertz CT molecular complexity index is 729. The highest BCUT2D eigenvalue weighted by atomic mass is 35.5. The van der Waals surface area contributed by atoms with Crippen molar-refractivity contribution >= 4 is 38.3 Å². The fourth-order valence-electron chi connectivity index (χ4n) is 1.97. The Hall–Kier alpha value is -1.27. The molecule has 0 saturated carbocycles. The van der Waals surface area contributed by atoms with Crippen LogP contribution in [-0.2, 0) is 15.4 Å². The lowest BCUT2D eigenvalue weighted by atomic mass is 9.86. The van der Waals surface area contributed by atoms with E-state index < -0.39 is 10.0 Å². The number of hydrogen-bond donors (Lipinski definition) is 2. The van der Waals surface area contributed by atoms with Crippen molar-refractivity contribution < 1.29 is 8.42 Å². The molecule has 0 saturated heterocycles. The van der Waals surface area contributed by atoms with E-state index in [0.29, 0.717) is 10.4 Å². The van der Waals surface area contributed by atoms with Crippen molar-refractivity contribution in [2.45, 2.75) is 26.2 Å². The Balaban J connectivity index is 2.73. The molecule has 0 aliphatic rings. The molecule has 0 bridgehead atoms. The van der Waals surface area contributed by atoms with Crippen LogP contribution in [0.25, 0.3) is 10.9 Å². The van der Waals surface area contributed by atoms with Crippen LogP contribution >= 0.6 is 11.6 Å². The summed E-state index contributed by atoms with van der Waals surface area (Å²) in [6.07, 6.45) is 1.08. The third kappa shape index (κ3) is 2.84. The minimum Gasteiger partial charge on any atom is -0.275 e. The third-order valence-electron chi connectivity index (χ3n) is 2.76. The van der Waals surface area contributed by atoms with Crippen molar-refractivity contribution in [3.63, 3.8) is 0 Å². The number of fused-ring (bicyclic) bond motifs is 1. The van der Waals surface area contributed by atoms with Gasteiger partial charge in [0, 0.05) is 0 Å². The number of hydrogen-bond acceptors (Lipinski definition) is 3. The molecule has 0 aliphatic carbocycles. The summed E-state index contributed by atoms with van der Waals surface area (Å²) in [6.45, 7) is 6.21.